The standard InChI is InChI=1S/C12H17N5O/c13-10-7-11(15-14-8-10)16-3-5-17(6-4-16)12(18)9-1-2-9/h7-9H,1-6H2,(H2,13,15). The average Bonchev–Trinajstić information content (AvgIpc) is 3.22. The zero-order valence-electron chi connectivity index (χ0n) is 10.2. The van der Waals surface area contributed by atoms with Gasteiger partial charge in [0.15, 0.2) is 5.82 Å². The van der Waals surface area contributed by atoms with E-state index in [4.69, 9.17) is 5.73 Å². The molecule has 96 valence electrons. The van der Waals surface area contributed by atoms with Crippen molar-refractivity contribution in [3.63, 3.8) is 0 Å². The highest BCUT2D eigenvalue weighted by Crippen LogP contribution is 2.31. The van der Waals surface area contributed by atoms with Crippen LogP contribution in [0, 0.1) is 5.92 Å². The Morgan fingerprint density at radius 2 is 2.00 bits per heavy atom. The Morgan fingerprint density at radius 1 is 1.28 bits per heavy atom. The van der Waals surface area contributed by atoms with Crippen molar-refractivity contribution in [2.24, 2.45) is 5.92 Å². The first-order chi connectivity index (χ1) is 8.74. The summed E-state index contributed by atoms with van der Waals surface area (Å²) in [6, 6.07) is 1.82. The predicted octanol–water partition coefficient (Wildman–Crippen LogP) is 0.117. The molecule has 1 saturated heterocycles. The van der Waals surface area contributed by atoms with E-state index in [1.807, 2.05) is 11.0 Å². The van der Waals surface area contributed by atoms with Crippen LogP contribution in [0.15, 0.2) is 12.3 Å². The fourth-order valence-corrected chi connectivity index (χ4v) is 2.27. The molecule has 2 aliphatic rings. The zero-order valence-corrected chi connectivity index (χ0v) is 10.2. The smallest absolute Gasteiger partial charge is 0.225 e. The predicted molar refractivity (Wildman–Crippen MR) is 68.0 cm³/mol. The Balaban J connectivity index is 1.61. The quantitative estimate of drug-likeness (QED) is 0.803. The molecule has 6 heteroatoms. The average molecular weight is 247 g/mol. The van der Waals surface area contributed by atoms with E-state index in [0.29, 0.717) is 17.5 Å². The van der Waals surface area contributed by atoms with Crippen LogP contribution < -0.4 is 10.6 Å². The van der Waals surface area contributed by atoms with Crippen molar-refractivity contribution < 1.29 is 4.79 Å². The van der Waals surface area contributed by atoms with Gasteiger partial charge in [-0.3, -0.25) is 4.79 Å². The highest BCUT2D eigenvalue weighted by atomic mass is 16.2. The van der Waals surface area contributed by atoms with Crippen LogP contribution in [-0.2, 0) is 4.79 Å². The van der Waals surface area contributed by atoms with E-state index >= 15 is 0 Å². The lowest BCUT2D eigenvalue weighted by Gasteiger charge is -2.35. The van der Waals surface area contributed by atoms with Crippen molar-refractivity contribution in [2.75, 3.05) is 36.8 Å². The van der Waals surface area contributed by atoms with Crippen LogP contribution in [0.5, 0.6) is 0 Å². The van der Waals surface area contributed by atoms with Crippen LogP contribution in [0.4, 0.5) is 11.5 Å². The zero-order chi connectivity index (χ0) is 12.5. The lowest BCUT2D eigenvalue weighted by molar-refractivity contribution is -0.132. The highest BCUT2D eigenvalue weighted by molar-refractivity contribution is 5.81. The third kappa shape index (κ3) is 2.23. The van der Waals surface area contributed by atoms with Crippen molar-refractivity contribution in [3.8, 4) is 0 Å². The summed E-state index contributed by atoms with van der Waals surface area (Å²) in [6.07, 6.45) is 3.68. The minimum atomic E-state index is 0.309. The fourth-order valence-electron chi connectivity index (χ4n) is 2.27. The van der Waals surface area contributed by atoms with Gasteiger partial charge >= 0.3 is 0 Å². The maximum absolute atomic E-state index is 11.9. The SMILES string of the molecule is Nc1cnnc(N2CCN(C(=O)C3CC3)CC2)c1. The van der Waals surface area contributed by atoms with Crippen molar-refractivity contribution in [1.29, 1.82) is 0 Å². The molecule has 0 aromatic carbocycles. The van der Waals surface area contributed by atoms with Crippen molar-refractivity contribution in [1.82, 2.24) is 15.1 Å². The molecule has 2 N–H and O–H groups in total. The van der Waals surface area contributed by atoms with Gasteiger partial charge in [0.1, 0.15) is 0 Å². The molecule has 0 radical (unpaired) electrons. The number of piperazine rings is 1. The van der Waals surface area contributed by atoms with Crippen molar-refractivity contribution in [2.45, 2.75) is 12.8 Å². The van der Waals surface area contributed by atoms with Gasteiger partial charge in [0.25, 0.3) is 0 Å². The van der Waals surface area contributed by atoms with Crippen LogP contribution in [0.25, 0.3) is 0 Å². The van der Waals surface area contributed by atoms with Crippen molar-refractivity contribution >= 4 is 17.4 Å². The number of hydrogen-bond donors (Lipinski definition) is 1. The van der Waals surface area contributed by atoms with Gasteiger partial charge in [0.2, 0.25) is 5.91 Å². The number of carbonyl (C=O) groups excluding carboxylic acids is 1. The summed E-state index contributed by atoms with van der Waals surface area (Å²) in [6.45, 7) is 3.14. The lowest BCUT2D eigenvalue weighted by atomic mass is 10.2. The van der Waals surface area contributed by atoms with Crippen LogP contribution in [0.3, 0.4) is 0 Å². The first-order valence-corrected chi connectivity index (χ1v) is 6.36. The van der Waals surface area contributed by atoms with Gasteiger partial charge in [-0.25, -0.2) is 0 Å². The Bertz CT molecular complexity index is 452. The number of nitrogen functional groups attached to an aromatic ring is 1. The lowest BCUT2D eigenvalue weighted by Crippen LogP contribution is -2.49. The molecule has 0 unspecified atom stereocenters. The molecule has 3 rings (SSSR count). The van der Waals surface area contributed by atoms with E-state index in [9.17, 15) is 4.79 Å². The summed E-state index contributed by atoms with van der Waals surface area (Å²) >= 11 is 0. The molecular formula is C12H17N5O. The molecule has 1 saturated carbocycles. The minimum absolute atomic E-state index is 0.309. The number of nitrogens with zero attached hydrogens (tertiary/aromatic N) is 4. The fraction of sp³-hybridized carbons (Fsp3) is 0.583. The Hall–Kier alpha value is -1.85. The van der Waals surface area contributed by atoms with Crippen LogP contribution in [0.1, 0.15) is 12.8 Å². The van der Waals surface area contributed by atoms with Crippen molar-refractivity contribution in [3.05, 3.63) is 12.3 Å². The van der Waals surface area contributed by atoms with E-state index in [0.717, 1.165) is 44.8 Å². The molecule has 1 aliphatic carbocycles. The van der Waals surface area contributed by atoms with Gasteiger partial charge in [-0.2, -0.15) is 5.10 Å². The summed E-state index contributed by atoms with van der Waals surface area (Å²) in [7, 11) is 0. The molecule has 6 nitrogen and oxygen atoms in total. The van der Waals surface area contributed by atoms with Crippen LogP contribution in [-0.4, -0.2) is 47.2 Å². The molecular weight excluding hydrogens is 230 g/mol. The molecule has 0 bridgehead atoms. The monoisotopic (exact) mass is 247 g/mol. The third-order valence-corrected chi connectivity index (χ3v) is 3.50. The number of aromatic nitrogens is 2. The number of anilines is 2. The topological polar surface area (TPSA) is 75.3 Å². The summed E-state index contributed by atoms with van der Waals surface area (Å²) in [5, 5.41) is 7.93. The summed E-state index contributed by atoms with van der Waals surface area (Å²) in [5.41, 5.74) is 6.32. The van der Waals surface area contributed by atoms with Gasteiger partial charge in [0, 0.05) is 38.2 Å². The van der Waals surface area contributed by atoms with E-state index < -0.39 is 0 Å². The van der Waals surface area contributed by atoms with E-state index in [2.05, 4.69) is 15.1 Å². The highest BCUT2D eigenvalue weighted by Gasteiger charge is 2.34. The maximum Gasteiger partial charge on any atom is 0.225 e. The minimum Gasteiger partial charge on any atom is -0.397 e. The molecule has 0 atom stereocenters. The number of rotatable bonds is 2. The van der Waals surface area contributed by atoms with Gasteiger partial charge in [-0.15, -0.1) is 5.10 Å². The molecule has 1 amide bonds. The molecule has 1 aliphatic heterocycles. The van der Waals surface area contributed by atoms with E-state index in [1.165, 1.54) is 6.20 Å². The number of hydrogen-bond acceptors (Lipinski definition) is 5. The molecule has 1 aromatic rings. The second kappa shape index (κ2) is 4.44. The first-order valence-electron chi connectivity index (χ1n) is 6.36. The molecule has 2 fully saturated rings. The molecule has 0 spiro atoms. The van der Waals surface area contributed by atoms with Gasteiger partial charge in [0.05, 0.1) is 11.9 Å². The van der Waals surface area contributed by atoms with Gasteiger partial charge < -0.3 is 15.5 Å². The summed E-state index contributed by atoms with van der Waals surface area (Å²) in [4.78, 5) is 16.0. The van der Waals surface area contributed by atoms with E-state index in [1.54, 1.807) is 0 Å². The summed E-state index contributed by atoms with van der Waals surface area (Å²) in [5.74, 6) is 1.44. The number of nitrogens with two attached hydrogens (primary N) is 1. The molecule has 2 heterocycles. The van der Waals surface area contributed by atoms with Crippen LogP contribution in [0.2, 0.25) is 0 Å². The maximum atomic E-state index is 11.9. The molecule has 1 aromatic heterocycles. The van der Waals surface area contributed by atoms with Crippen LogP contribution >= 0.6 is 0 Å². The third-order valence-electron chi connectivity index (χ3n) is 3.50. The van der Waals surface area contributed by atoms with E-state index in [-0.39, 0.29) is 0 Å². The van der Waals surface area contributed by atoms with Gasteiger partial charge in [-0.1, -0.05) is 0 Å². The largest absolute Gasteiger partial charge is 0.397 e. The Labute approximate surface area is 106 Å². The second-order valence-electron chi connectivity index (χ2n) is 4.93. The molecule has 18 heavy (non-hydrogen) atoms. The second-order valence-corrected chi connectivity index (χ2v) is 4.93. The first kappa shape index (κ1) is 11.3. The Morgan fingerprint density at radius 3 is 2.61 bits per heavy atom. The number of amides is 1. The Kier molecular flexibility index (Phi) is 2.77. The number of carbonyl (C=O) groups is 1. The summed E-state index contributed by atoms with van der Waals surface area (Å²) < 4.78 is 0. The normalized spacial score (nSPS) is 20.0. The van der Waals surface area contributed by atoms with Gasteiger partial charge in [-0.05, 0) is 12.8 Å².